The summed E-state index contributed by atoms with van der Waals surface area (Å²) in [7, 11) is 3.79. The summed E-state index contributed by atoms with van der Waals surface area (Å²) in [6.07, 6.45) is 0.530. The number of amides is 1. The van der Waals surface area contributed by atoms with E-state index in [-0.39, 0.29) is 5.91 Å². The zero-order valence-corrected chi connectivity index (χ0v) is 14.1. The SMILES string of the molecule is CC.CCC(=O)N1CC(=NC)N(C)c2ccc(C)cc2C1. The molecule has 0 N–H and O–H groups in total. The van der Waals surface area contributed by atoms with Gasteiger partial charge in [-0.3, -0.25) is 9.79 Å². The molecular formula is C17H27N3O. The molecule has 0 aliphatic carbocycles. The third-order valence-corrected chi connectivity index (χ3v) is 3.59. The van der Waals surface area contributed by atoms with Crippen LogP contribution in [0.3, 0.4) is 0 Å². The fraction of sp³-hybridized carbons (Fsp3) is 0.529. The highest BCUT2D eigenvalue weighted by Gasteiger charge is 2.24. The van der Waals surface area contributed by atoms with Gasteiger partial charge in [0.2, 0.25) is 5.91 Å². The number of hydrogen-bond donors (Lipinski definition) is 0. The summed E-state index contributed by atoms with van der Waals surface area (Å²) in [5.74, 6) is 1.09. The first kappa shape index (κ1) is 17.2. The molecule has 1 aromatic carbocycles. The van der Waals surface area contributed by atoms with E-state index in [1.165, 1.54) is 11.1 Å². The lowest BCUT2D eigenvalue weighted by atomic mass is 10.1. The lowest BCUT2D eigenvalue weighted by Gasteiger charge is -2.22. The number of anilines is 1. The largest absolute Gasteiger partial charge is 0.331 e. The third-order valence-electron chi connectivity index (χ3n) is 3.59. The number of likely N-dealkylation sites (N-methyl/N-ethyl adjacent to an activating group) is 1. The van der Waals surface area contributed by atoms with E-state index in [2.05, 4.69) is 35.0 Å². The summed E-state index contributed by atoms with van der Waals surface area (Å²) in [4.78, 5) is 20.3. The van der Waals surface area contributed by atoms with Gasteiger partial charge in [0.25, 0.3) is 0 Å². The van der Waals surface area contributed by atoms with Gasteiger partial charge in [-0.1, -0.05) is 38.5 Å². The van der Waals surface area contributed by atoms with Crippen molar-refractivity contribution in [2.24, 2.45) is 4.99 Å². The number of nitrogens with zero attached hydrogens (tertiary/aromatic N) is 3. The average Bonchev–Trinajstić information content (AvgIpc) is 2.65. The molecule has 1 aliphatic rings. The zero-order valence-electron chi connectivity index (χ0n) is 14.1. The predicted molar refractivity (Wildman–Crippen MR) is 90.0 cm³/mol. The number of amidine groups is 1. The molecule has 21 heavy (non-hydrogen) atoms. The molecular weight excluding hydrogens is 262 g/mol. The topological polar surface area (TPSA) is 35.9 Å². The van der Waals surface area contributed by atoms with Crippen molar-refractivity contribution in [3.05, 3.63) is 29.3 Å². The van der Waals surface area contributed by atoms with E-state index in [0.717, 1.165) is 11.5 Å². The van der Waals surface area contributed by atoms with Gasteiger partial charge in [0.15, 0.2) is 0 Å². The average molecular weight is 289 g/mol. The molecule has 1 aromatic rings. The fourth-order valence-electron chi connectivity index (χ4n) is 2.47. The maximum Gasteiger partial charge on any atom is 0.222 e. The Balaban J connectivity index is 0.00000106. The Morgan fingerprint density at radius 1 is 1.29 bits per heavy atom. The second-order valence-corrected chi connectivity index (χ2v) is 4.93. The number of carbonyl (C=O) groups is 1. The molecule has 0 saturated heterocycles. The van der Waals surface area contributed by atoms with Crippen LogP contribution in [0.1, 0.15) is 38.3 Å². The van der Waals surface area contributed by atoms with E-state index in [0.29, 0.717) is 19.5 Å². The minimum Gasteiger partial charge on any atom is -0.331 e. The molecule has 0 bridgehead atoms. The van der Waals surface area contributed by atoms with E-state index in [1.54, 1.807) is 7.05 Å². The fourth-order valence-corrected chi connectivity index (χ4v) is 2.47. The van der Waals surface area contributed by atoms with Crippen LogP contribution in [0.15, 0.2) is 23.2 Å². The molecule has 1 aliphatic heterocycles. The van der Waals surface area contributed by atoms with Crippen LogP contribution in [0, 0.1) is 6.92 Å². The number of rotatable bonds is 1. The first-order chi connectivity index (χ1) is 10.1. The van der Waals surface area contributed by atoms with Crippen LogP contribution in [0.25, 0.3) is 0 Å². The first-order valence-electron chi connectivity index (χ1n) is 7.63. The van der Waals surface area contributed by atoms with Gasteiger partial charge in [-0.25, -0.2) is 0 Å². The molecule has 0 aromatic heterocycles. The standard InChI is InChI=1S/C15H21N3O.C2H6/c1-5-15(19)18-9-12-8-11(2)6-7-13(12)17(4)14(10-18)16-3;1-2/h6-8H,5,9-10H2,1-4H3;1-2H3. The molecule has 1 heterocycles. The van der Waals surface area contributed by atoms with Gasteiger partial charge < -0.3 is 9.80 Å². The second kappa shape index (κ2) is 7.81. The van der Waals surface area contributed by atoms with Gasteiger partial charge in [-0.15, -0.1) is 0 Å². The Labute approximate surface area is 128 Å². The van der Waals surface area contributed by atoms with Gasteiger partial charge in [0.05, 0.1) is 6.54 Å². The number of hydrogen-bond acceptors (Lipinski definition) is 2. The highest BCUT2D eigenvalue weighted by molar-refractivity contribution is 6.01. The van der Waals surface area contributed by atoms with Crippen molar-refractivity contribution in [1.82, 2.24) is 4.90 Å². The Kier molecular flexibility index (Phi) is 6.40. The molecule has 0 fully saturated rings. The summed E-state index contributed by atoms with van der Waals surface area (Å²) in [5.41, 5.74) is 3.54. The van der Waals surface area contributed by atoms with Crippen LogP contribution in [-0.2, 0) is 11.3 Å². The lowest BCUT2D eigenvalue weighted by molar-refractivity contribution is -0.130. The Morgan fingerprint density at radius 2 is 1.95 bits per heavy atom. The summed E-state index contributed by atoms with van der Waals surface area (Å²) in [6, 6.07) is 6.36. The minimum absolute atomic E-state index is 0.170. The van der Waals surface area contributed by atoms with E-state index < -0.39 is 0 Å². The van der Waals surface area contributed by atoms with E-state index in [1.807, 2.05) is 32.7 Å². The number of aliphatic imine (C=N–C) groups is 1. The van der Waals surface area contributed by atoms with Crippen LogP contribution in [0.5, 0.6) is 0 Å². The van der Waals surface area contributed by atoms with Crippen molar-refractivity contribution >= 4 is 17.4 Å². The van der Waals surface area contributed by atoms with Crippen molar-refractivity contribution in [3.8, 4) is 0 Å². The quantitative estimate of drug-likeness (QED) is 0.795. The van der Waals surface area contributed by atoms with E-state index in [4.69, 9.17) is 0 Å². The Morgan fingerprint density at radius 3 is 2.52 bits per heavy atom. The molecule has 0 atom stereocenters. The highest BCUT2D eigenvalue weighted by atomic mass is 16.2. The van der Waals surface area contributed by atoms with Crippen LogP contribution < -0.4 is 4.90 Å². The number of carbonyl (C=O) groups excluding carboxylic acids is 1. The van der Waals surface area contributed by atoms with Gasteiger partial charge in [-0.2, -0.15) is 0 Å². The molecule has 0 radical (unpaired) electrons. The van der Waals surface area contributed by atoms with Crippen molar-refractivity contribution in [3.63, 3.8) is 0 Å². The van der Waals surface area contributed by atoms with Crippen LogP contribution in [-0.4, -0.2) is 37.3 Å². The van der Waals surface area contributed by atoms with Crippen molar-refractivity contribution in [2.45, 2.75) is 40.7 Å². The maximum atomic E-state index is 12.0. The van der Waals surface area contributed by atoms with Crippen LogP contribution in [0.2, 0.25) is 0 Å². The van der Waals surface area contributed by atoms with Crippen molar-refractivity contribution < 1.29 is 4.79 Å². The third kappa shape index (κ3) is 3.84. The number of aryl methyl sites for hydroxylation is 1. The molecule has 1 amide bonds. The van der Waals surface area contributed by atoms with E-state index >= 15 is 0 Å². The monoisotopic (exact) mass is 289 g/mol. The first-order valence-corrected chi connectivity index (χ1v) is 7.63. The molecule has 0 unspecified atom stereocenters. The molecule has 4 heteroatoms. The molecule has 2 rings (SSSR count). The van der Waals surface area contributed by atoms with Gasteiger partial charge in [0, 0.05) is 32.7 Å². The molecule has 0 spiro atoms. The number of fused-ring (bicyclic) bond motifs is 1. The normalized spacial score (nSPS) is 16.0. The summed E-state index contributed by atoms with van der Waals surface area (Å²) >= 11 is 0. The van der Waals surface area contributed by atoms with E-state index in [9.17, 15) is 4.79 Å². The van der Waals surface area contributed by atoms with Crippen molar-refractivity contribution in [1.29, 1.82) is 0 Å². The summed E-state index contributed by atoms with van der Waals surface area (Å²) in [6.45, 7) is 9.21. The minimum atomic E-state index is 0.170. The van der Waals surface area contributed by atoms with Crippen LogP contribution in [0.4, 0.5) is 5.69 Å². The molecule has 116 valence electrons. The molecule has 4 nitrogen and oxygen atoms in total. The maximum absolute atomic E-state index is 12.0. The van der Waals surface area contributed by atoms with Gasteiger partial charge in [-0.05, 0) is 18.6 Å². The highest BCUT2D eigenvalue weighted by Crippen LogP contribution is 2.26. The Hall–Kier alpha value is -1.84. The zero-order chi connectivity index (χ0) is 16.0. The summed E-state index contributed by atoms with van der Waals surface area (Å²) < 4.78 is 0. The predicted octanol–water partition coefficient (Wildman–Crippen LogP) is 3.24. The van der Waals surface area contributed by atoms with Crippen molar-refractivity contribution in [2.75, 3.05) is 25.5 Å². The van der Waals surface area contributed by atoms with Gasteiger partial charge in [0.1, 0.15) is 5.84 Å². The summed E-state index contributed by atoms with van der Waals surface area (Å²) in [5, 5.41) is 0. The smallest absolute Gasteiger partial charge is 0.222 e. The number of benzene rings is 1. The van der Waals surface area contributed by atoms with Crippen LogP contribution >= 0.6 is 0 Å². The lowest BCUT2D eigenvalue weighted by Crippen LogP contribution is -2.38. The molecule has 0 saturated carbocycles. The Bertz CT molecular complexity index is 523. The second-order valence-electron chi connectivity index (χ2n) is 4.93. The van der Waals surface area contributed by atoms with Gasteiger partial charge >= 0.3 is 0 Å².